The SMILES string of the molecule is CC1CCCC(=Nc2ccccc2)C1. The summed E-state index contributed by atoms with van der Waals surface area (Å²) in [6.07, 6.45) is 5.06. The van der Waals surface area contributed by atoms with Gasteiger partial charge in [-0.05, 0) is 43.7 Å². The van der Waals surface area contributed by atoms with Gasteiger partial charge in [-0.2, -0.15) is 0 Å². The Morgan fingerprint density at radius 3 is 2.71 bits per heavy atom. The number of hydrogen-bond donors (Lipinski definition) is 0. The highest BCUT2D eigenvalue weighted by Crippen LogP contribution is 2.23. The summed E-state index contributed by atoms with van der Waals surface area (Å²) in [6.45, 7) is 2.32. The quantitative estimate of drug-likeness (QED) is 0.630. The van der Waals surface area contributed by atoms with Crippen molar-refractivity contribution in [3.05, 3.63) is 30.3 Å². The van der Waals surface area contributed by atoms with Crippen molar-refractivity contribution < 1.29 is 0 Å². The highest BCUT2D eigenvalue weighted by atomic mass is 14.7. The largest absolute Gasteiger partial charge is 0.258 e. The smallest absolute Gasteiger partial charge is 0.0629 e. The molecule has 0 amide bonds. The molecule has 0 spiro atoms. The monoisotopic (exact) mass is 187 g/mol. The Labute approximate surface area is 85.9 Å². The number of nitrogens with zero attached hydrogens (tertiary/aromatic N) is 1. The van der Waals surface area contributed by atoms with E-state index in [1.807, 2.05) is 18.2 Å². The van der Waals surface area contributed by atoms with Gasteiger partial charge in [0, 0.05) is 5.71 Å². The van der Waals surface area contributed by atoms with E-state index in [1.165, 1.54) is 31.4 Å². The van der Waals surface area contributed by atoms with Crippen LogP contribution in [0.25, 0.3) is 0 Å². The minimum atomic E-state index is 0.825. The molecule has 2 rings (SSSR count). The third-order valence-corrected chi connectivity index (χ3v) is 2.79. The van der Waals surface area contributed by atoms with Crippen LogP contribution in [0.1, 0.15) is 32.6 Å². The molecule has 1 aromatic carbocycles. The maximum atomic E-state index is 4.69. The van der Waals surface area contributed by atoms with Gasteiger partial charge in [0.15, 0.2) is 0 Å². The van der Waals surface area contributed by atoms with Gasteiger partial charge in [-0.15, -0.1) is 0 Å². The van der Waals surface area contributed by atoms with E-state index in [9.17, 15) is 0 Å². The lowest BCUT2D eigenvalue weighted by Gasteiger charge is -2.19. The summed E-state index contributed by atoms with van der Waals surface area (Å²) in [5, 5.41) is 0. The van der Waals surface area contributed by atoms with E-state index in [2.05, 4.69) is 24.0 Å². The van der Waals surface area contributed by atoms with Gasteiger partial charge in [-0.25, -0.2) is 0 Å². The van der Waals surface area contributed by atoms with Gasteiger partial charge in [-0.3, -0.25) is 4.99 Å². The molecule has 1 aliphatic carbocycles. The Bertz CT molecular complexity index is 313. The standard InChI is InChI=1S/C13H17N/c1-11-6-5-9-13(10-11)14-12-7-3-2-4-8-12/h2-4,7-8,11H,5-6,9-10H2,1H3. The minimum Gasteiger partial charge on any atom is -0.258 e. The highest BCUT2D eigenvalue weighted by Gasteiger charge is 2.13. The first-order valence-electron chi connectivity index (χ1n) is 5.46. The second kappa shape index (κ2) is 4.41. The first-order valence-corrected chi connectivity index (χ1v) is 5.46. The van der Waals surface area contributed by atoms with Crippen molar-refractivity contribution in [1.29, 1.82) is 0 Å². The average Bonchev–Trinajstić information content (AvgIpc) is 2.19. The van der Waals surface area contributed by atoms with Crippen molar-refractivity contribution in [1.82, 2.24) is 0 Å². The number of para-hydroxylation sites is 1. The molecule has 1 heteroatoms. The molecule has 14 heavy (non-hydrogen) atoms. The molecule has 1 unspecified atom stereocenters. The van der Waals surface area contributed by atoms with Crippen molar-refractivity contribution in [2.24, 2.45) is 10.9 Å². The van der Waals surface area contributed by atoms with Crippen LogP contribution in [0.15, 0.2) is 35.3 Å². The lowest BCUT2D eigenvalue weighted by Crippen LogP contribution is -2.12. The third kappa shape index (κ3) is 2.44. The number of benzene rings is 1. The number of hydrogen-bond acceptors (Lipinski definition) is 1. The van der Waals surface area contributed by atoms with Gasteiger partial charge in [-0.1, -0.05) is 25.1 Å². The van der Waals surface area contributed by atoms with Crippen molar-refractivity contribution in [3.8, 4) is 0 Å². The Kier molecular flexibility index (Phi) is 2.97. The molecule has 1 atom stereocenters. The van der Waals surface area contributed by atoms with Crippen LogP contribution in [-0.2, 0) is 0 Å². The molecule has 1 aliphatic rings. The van der Waals surface area contributed by atoms with Gasteiger partial charge < -0.3 is 0 Å². The lowest BCUT2D eigenvalue weighted by atomic mass is 9.89. The molecule has 1 fully saturated rings. The van der Waals surface area contributed by atoms with Gasteiger partial charge in [0.2, 0.25) is 0 Å². The van der Waals surface area contributed by atoms with Crippen LogP contribution in [0.5, 0.6) is 0 Å². The minimum absolute atomic E-state index is 0.825. The maximum Gasteiger partial charge on any atom is 0.0629 e. The van der Waals surface area contributed by atoms with Crippen molar-refractivity contribution in [2.75, 3.05) is 0 Å². The Hall–Kier alpha value is -1.11. The van der Waals surface area contributed by atoms with Crippen LogP contribution >= 0.6 is 0 Å². The second-order valence-electron chi connectivity index (χ2n) is 4.22. The average molecular weight is 187 g/mol. The second-order valence-corrected chi connectivity index (χ2v) is 4.22. The van der Waals surface area contributed by atoms with Crippen molar-refractivity contribution in [2.45, 2.75) is 32.6 Å². The fraction of sp³-hybridized carbons (Fsp3) is 0.462. The summed E-state index contributed by atoms with van der Waals surface area (Å²) in [6, 6.07) is 10.3. The molecule has 1 nitrogen and oxygen atoms in total. The van der Waals surface area contributed by atoms with Crippen LogP contribution in [-0.4, -0.2) is 5.71 Å². The Balaban J connectivity index is 2.10. The van der Waals surface area contributed by atoms with E-state index >= 15 is 0 Å². The maximum absolute atomic E-state index is 4.69. The lowest BCUT2D eigenvalue weighted by molar-refractivity contribution is 0.500. The molecule has 0 saturated heterocycles. The van der Waals surface area contributed by atoms with Gasteiger partial charge in [0.25, 0.3) is 0 Å². The van der Waals surface area contributed by atoms with E-state index in [4.69, 9.17) is 0 Å². The van der Waals surface area contributed by atoms with E-state index in [-0.39, 0.29) is 0 Å². The van der Waals surface area contributed by atoms with E-state index in [1.54, 1.807) is 0 Å². The molecule has 0 aliphatic heterocycles. The predicted molar refractivity (Wildman–Crippen MR) is 61.2 cm³/mol. The molecule has 0 aromatic heterocycles. The number of rotatable bonds is 1. The van der Waals surface area contributed by atoms with E-state index < -0.39 is 0 Å². The molecular formula is C13H17N. The third-order valence-electron chi connectivity index (χ3n) is 2.79. The van der Waals surface area contributed by atoms with Crippen LogP contribution in [0.4, 0.5) is 5.69 Å². The summed E-state index contributed by atoms with van der Waals surface area (Å²) in [5.41, 5.74) is 2.49. The van der Waals surface area contributed by atoms with Crippen molar-refractivity contribution in [3.63, 3.8) is 0 Å². The molecule has 74 valence electrons. The van der Waals surface area contributed by atoms with Gasteiger partial charge in [0.1, 0.15) is 0 Å². The molecule has 0 radical (unpaired) electrons. The van der Waals surface area contributed by atoms with Crippen LogP contribution in [0.3, 0.4) is 0 Å². The molecule has 1 saturated carbocycles. The highest BCUT2D eigenvalue weighted by molar-refractivity contribution is 5.87. The topological polar surface area (TPSA) is 12.4 Å². The zero-order valence-corrected chi connectivity index (χ0v) is 8.74. The summed E-state index contributed by atoms with van der Waals surface area (Å²) in [5.74, 6) is 0.825. The van der Waals surface area contributed by atoms with Crippen LogP contribution < -0.4 is 0 Å². The zero-order chi connectivity index (χ0) is 9.80. The molecule has 0 heterocycles. The predicted octanol–water partition coefficient (Wildman–Crippen LogP) is 3.97. The van der Waals surface area contributed by atoms with Crippen molar-refractivity contribution >= 4 is 11.4 Å². The Morgan fingerprint density at radius 2 is 2.00 bits per heavy atom. The fourth-order valence-electron chi connectivity index (χ4n) is 2.05. The van der Waals surface area contributed by atoms with Crippen LogP contribution in [0, 0.1) is 5.92 Å². The summed E-state index contributed by atoms with van der Waals surface area (Å²) < 4.78 is 0. The molecule has 0 bridgehead atoms. The fourth-order valence-corrected chi connectivity index (χ4v) is 2.05. The zero-order valence-electron chi connectivity index (χ0n) is 8.74. The first kappa shape index (κ1) is 9.45. The van der Waals surface area contributed by atoms with Gasteiger partial charge >= 0.3 is 0 Å². The van der Waals surface area contributed by atoms with E-state index in [0.29, 0.717) is 0 Å². The molecular weight excluding hydrogens is 170 g/mol. The normalized spacial score (nSPS) is 25.2. The first-order chi connectivity index (χ1) is 6.84. The summed E-state index contributed by atoms with van der Waals surface area (Å²) in [7, 11) is 0. The number of aliphatic imine (C=N–C) groups is 1. The van der Waals surface area contributed by atoms with Crippen LogP contribution in [0.2, 0.25) is 0 Å². The van der Waals surface area contributed by atoms with Gasteiger partial charge in [0.05, 0.1) is 5.69 Å². The molecule has 1 aromatic rings. The Morgan fingerprint density at radius 1 is 1.21 bits per heavy atom. The summed E-state index contributed by atoms with van der Waals surface area (Å²) >= 11 is 0. The molecule has 0 N–H and O–H groups in total. The van der Waals surface area contributed by atoms with E-state index in [0.717, 1.165) is 11.6 Å². The summed E-state index contributed by atoms with van der Waals surface area (Å²) in [4.78, 5) is 4.69.